The number of fused-ring (bicyclic) bond motifs is 1. The summed E-state index contributed by atoms with van der Waals surface area (Å²) in [5.41, 5.74) is 0.625. The average molecular weight is 295 g/mol. The van der Waals surface area contributed by atoms with Crippen molar-refractivity contribution in [1.82, 2.24) is 14.9 Å². The Balaban J connectivity index is 1.77. The third kappa shape index (κ3) is 2.62. The van der Waals surface area contributed by atoms with Gasteiger partial charge in [-0.3, -0.25) is 9.69 Å². The standard InChI is InChI=1S/C13H17N3O3S/c17-7-8-5-16(3-1-10(8)18)6-11-14-9-2-4-20-12(9)13(19)15-11/h2,4,8,10,17-18H,1,3,5-7H2,(H,14,15,19)/t8-,10-/m0/s1. The first kappa shape index (κ1) is 13.7. The Bertz CT molecular complexity index is 654. The van der Waals surface area contributed by atoms with Crippen molar-refractivity contribution in [3.63, 3.8) is 0 Å². The van der Waals surface area contributed by atoms with Gasteiger partial charge in [0.25, 0.3) is 5.56 Å². The number of hydrogen-bond donors (Lipinski definition) is 3. The molecule has 0 amide bonds. The fraction of sp³-hybridized carbons (Fsp3) is 0.538. The van der Waals surface area contributed by atoms with E-state index < -0.39 is 6.10 Å². The predicted molar refractivity (Wildman–Crippen MR) is 76.7 cm³/mol. The van der Waals surface area contributed by atoms with Crippen LogP contribution in [0.1, 0.15) is 12.2 Å². The molecule has 3 rings (SSSR count). The summed E-state index contributed by atoms with van der Waals surface area (Å²) >= 11 is 1.39. The normalized spacial score (nSPS) is 24.3. The summed E-state index contributed by atoms with van der Waals surface area (Å²) in [5, 5.41) is 20.9. The van der Waals surface area contributed by atoms with Gasteiger partial charge in [-0.05, 0) is 17.9 Å². The van der Waals surface area contributed by atoms with E-state index >= 15 is 0 Å². The van der Waals surface area contributed by atoms with E-state index in [1.54, 1.807) is 0 Å². The minimum atomic E-state index is -0.442. The van der Waals surface area contributed by atoms with Crippen molar-refractivity contribution in [2.24, 2.45) is 5.92 Å². The van der Waals surface area contributed by atoms with Gasteiger partial charge in [0, 0.05) is 25.6 Å². The Morgan fingerprint density at radius 3 is 3.20 bits per heavy atom. The Labute approximate surface area is 119 Å². The maximum Gasteiger partial charge on any atom is 0.268 e. The topological polar surface area (TPSA) is 89.5 Å². The number of thiophene rings is 1. The number of aliphatic hydroxyl groups excluding tert-OH is 2. The molecule has 3 heterocycles. The quantitative estimate of drug-likeness (QED) is 0.750. The molecule has 20 heavy (non-hydrogen) atoms. The van der Waals surface area contributed by atoms with Gasteiger partial charge in [0.1, 0.15) is 10.5 Å². The maximum atomic E-state index is 11.9. The highest BCUT2D eigenvalue weighted by Gasteiger charge is 2.27. The molecule has 0 aromatic carbocycles. The van der Waals surface area contributed by atoms with Crippen molar-refractivity contribution < 1.29 is 10.2 Å². The van der Waals surface area contributed by atoms with Crippen molar-refractivity contribution in [2.75, 3.05) is 19.7 Å². The van der Waals surface area contributed by atoms with Gasteiger partial charge in [0.05, 0.1) is 18.2 Å². The monoisotopic (exact) mass is 295 g/mol. The summed E-state index contributed by atoms with van der Waals surface area (Å²) < 4.78 is 0.649. The van der Waals surface area contributed by atoms with Crippen molar-refractivity contribution >= 4 is 21.6 Å². The molecule has 7 heteroatoms. The van der Waals surface area contributed by atoms with Gasteiger partial charge < -0.3 is 15.2 Å². The number of piperidine rings is 1. The van der Waals surface area contributed by atoms with Crippen LogP contribution in [-0.2, 0) is 6.54 Å². The molecule has 2 atom stereocenters. The molecule has 0 radical (unpaired) electrons. The second-order valence-electron chi connectivity index (χ2n) is 5.18. The number of nitrogens with one attached hydrogen (secondary N) is 1. The number of aromatic nitrogens is 2. The number of aliphatic hydroxyl groups is 2. The van der Waals surface area contributed by atoms with E-state index in [4.69, 9.17) is 0 Å². The number of likely N-dealkylation sites (tertiary alicyclic amines) is 1. The molecule has 1 aliphatic heterocycles. The van der Waals surface area contributed by atoms with E-state index in [0.29, 0.717) is 30.0 Å². The summed E-state index contributed by atoms with van der Waals surface area (Å²) in [6.45, 7) is 1.86. The van der Waals surface area contributed by atoms with Gasteiger partial charge in [-0.2, -0.15) is 0 Å². The third-order valence-corrected chi connectivity index (χ3v) is 4.65. The molecule has 108 valence electrons. The van der Waals surface area contributed by atoms with E-state index in [0.717, 1.165) is 12.1 Å². The van der Waals surface area contributed by atoms with E-state index in [1.165, 1.54) is 11.3 Å². The van der Waals surface area contributed by atoms with Crippen molar-refractivity contribution in [3.8, 4) is 0 Å². The van der Waals surface area contributed by atoms with Crippen LogP contribution < -0.4 is 5.56 Å². The molecular formula is C13H17N3O3S. The highest BCUT2D eigenvalue weighted by molar-refractivity contribution is 7.17. The molecule has 3 N–H and O–H groups in total. The van der Waals surface area contributed by atoms with Gasteiger partial charge in [0.15, 0.2) is 0 Å². The Morgan fingerprint density at radius 2 is 2.40 bits per heavy atom. The second-order valence-corrected chi connectivity index (χ2v) is 6.10. The molecule has 1 fully saturated rings. The highest BCUT2D eigenvalue weighted by atomic mass is 32.1. The first-order valence-corrected chi connectivity index (χ1v) is 7.53. The maximum absolute atomic E-state index is 11.9. The summed E-state index contributed by atoms with van der Waals surface area (Å²) in [6.07, 6.45) is 0.193. The predicted octanol–water partition coefficient (Wildman–Crippen LogP) is 0.160. The number of nitrogens with zero attached hydrogens (tertiary/aromatic N) is 2. The molecule has 0 spiro atoms. The minimum absolute atomic E-state index is 0.0226. The smallest absolute Gasteiger partial charge is 0.268 e. The zero-order valence-electron chi connectivity index (χ0n) is 11.0. The summed E-state index contributed by atoms with van der Waals surface area (Å²) in [4.78, 5) is 21.2. The summed E-state index contributed by atoms with van der Waals surface area (Å²) in [6, 6.07) is 1.84. The fourth-order valence-corrected chi connectivity index (χ4v) is 3.35. The molecule has 0 saturated carbocycles. The molecule has 0 aliphatic carbocycles. The van der Waals surface area contributed by atoms with E-state index in [9.17, 15) is 15.0 Å². The summed E-state index contributed by atoms with van der Waals surface area (Å²) in [5.74, 6) is 0.509. The number of aromatic amines is 1. The van der Waals surface area contributed by atoms with Crippen LogP contribution in [0.2, 0.25) is 0 Å². The number of rotatable bonds is 3. The second kappa shape index (κ2) is 5.61. The van der Waals surface area contributed by atoms with Crippen LogP contribution in [0.4, 0.5) is 0 Å². The van der Waals surface area contributed by atoms with Crippen molar-refractivity contribution in [3.05, 3.63) is 27.6 Å². The Hall–Kier alpha value is -1.28. The zero-order valence-corrected chi connectivity index (χ0v) is 11.8. The lowest BCUT2D eigenvalue weighted by atomic mass is 9.95. The minimum Gasteiger partial charge on any atom is -0.396 e. The first-order chi connectivity index (χ1) is 9.67. The molecule has 1 saturated heterocycles. The van der Waals surface area contributed by atoms with E-state index in [2.05, 4.69) is 14.9 Å². The zero-order chi connectivity index (χ0) is 14.1. The van der Waals surface area contributed by atoms with Gasteiger partial charge in [-0.15, -0.1) is 11.3 Å². The molecule has 0 bridgehead atoms. The van der Waals surface area contributed by atoms with Crippen LogP contribution >= 0.6 is 11.3 Å². The Kier molecular flexibility index (Phi) is 3.84. The van der Waals surface area contributed by atoms with Crippen LogP contribution in [0.3, 0.4) is 0 Å². The number of hydrogen-bond acceptors (Lipinski definition) is 6. The number of H-pyrrole nitrogens is 1. The highest BCUT2D eigenvalue weighted by Crippen LogP contribution is 2.19. The largest absolute Gasteiger partial charge is 0.396 e. The van der Waals surface area contributed by atoms with Gasteiger partial charge in [0.2, 0.25) is 0 Å². The first-order valence-electron chi connectivity index (χ1n) is 6.65. The fourth-order valence-electron chi connectivity index (χ4n) is 2.63. The van der Waals surface area contributed by atoms with E-state index in [1.807, 2.05) is 11.4 Å². The van der Waals surface area contributed by atoms with Crippen molar-refractivity contribution in [2.45, 2.75) is 19.1 Å². The molecule has 1 aliphatic rings. The Morgan fingerprint density at radius 1 is 1.55 bits per heavy atom. The molecule has 2 aromatic heterocycles. The molecule has 6 nitrogen and oxygen atoms in total. The lowest BCUT2D eigenvalue weighted by Crippen LogP contribution is -2.44. The van der Waals surface area contributed by atoms with Crippen LogP contribution in [0.25, 0.3) is 10.2 Å². The van der Waals surface area contributed by atoms with Crippen LogP contribution in [0, 0.1) is 5.92 Å². The van der Waals surface area contributed by atoms with Crippen LogP contribution in [-0.4, -0.2) is 50.9 Å². The van der Waals surface area contributed by atoms with Crippen LogP contribution in [0.15, 0.2) is 16.2 Å². The SMILES string of the molecule is O=c1[nH]c(CN2CC[C@H](O)[C@H](CO)C2)nc2ccsc12. The average Bonchev–Trinajstić information content (AvgIpc) is 2.90. The third-order valence-electron chi connectivity index (χ3n) is 3.75. The van der Waals surface area contributed by atoms with Gasteiger partial charge >= 0.3 is 0 Å². The molecular weight excluding hydrogens is 278 g/mol. The van der Waals surface area contributed by atoms with Crippen LogP contribution in [0.5, 0.6) is 0 Å². The van der Waals surface area contributed by atoms with Gasteiger partial charge in [-0.1, -0.05) is 0 Å². The van der Waals surface area contributed by atoms with Crippen molar-refractivity contribution in [1.29, 1.82) is 0 Å². The molecule has 0 unspecified atom stereocenters. The summed E-state index contributed by atoms with van der Waals surface area (Å²) in [7, 11) is 0. The lowest BCUT2D eigenvalue weighted by molar-refractivity contribution is -0.00272. The lowest BCUT2D eigenvalue weighted by Gasteiger charge is -2.34. The van der Waals surface area contributed by atoms with E-state index in [-0.39, 0.29) is 18.1 Å². The van der Waals surface area contributed by atoms with Gasteiger partial charge in [-0.25, -0.2) is 4.98 Å². The molecule has 2 aromatic rings.